The molecule has 0 aliphatic heterocycles. The van der Waals surface area contributed by atoms with E-state index in [9.17, 15) is 0 Å². The molecule has 1 aliphatic carbocycles. The highest BCUT2D eigenvalue weighted by atomic mass is 35.5. The lowest BCUT2D eigenvalue weighted by Gasteiger charge is -2.28. The van der Waals surface area contributed by atoms with E-state index in [4.69, 9.17) is 17.3 Å². The minimum absolute atomic E-state index is 0.622. The number of para-hydroxylation sites is 1. The maximum absolute atomic E-state index is 6.26. The van der Waals surface area contributed by atoms with Crippen LogP contribution in [0, 0.1) is 5.92 Å². The molecule has 0 spiro atoms. The third-order valence-corrected chi connectivity index (χ3v) is 3.16. The molecule has 0 unspecified atom stereocenters. The molecule has 16 heavy (non-hydrogen) atoms. The topological polar surface area (TPSA) is 29.3 Å². The van der Waals surface area contributed by atoms with Crippen LogP contribution in [-0.2, 0) is 0 Å². The molecular weight excluding hydrogens is 220 g/mol. The summed E-state index contributed by atoms with van der Waals surface area (Å²) in [5.41, 5.74) is 7.86. The molecule has 0 radical (unpaired) electrons. The third-order valence-electron chi connectivity index (χ3n) is 2.85. The van der Waals surface area contributed by atoms with Crippen molar-refractivity contribution < 1.29 is 0 Å². The second kappa shape index (κ2) is 4.54. The average Bonchev–Trinajstić information content (AvgIpc) is 2.98. The number of nitrogens with zero attached hydrogens (tertiary/aromatic N) is 1. The van der Waals surface area contributed by atoms with E-state index in [0.29, 0.717) is 12.0 Å². The molecule has 0 heterocycles. The van der Waals surface area contributed by atoms with Crippen LogP contribution in [0.1, 0.15) is 26.7 Å². The third kappa shape index (κ3) is 2.43. The molecule has 0 bridgehead atoms. The van der Waals surface area contributed by atoms with E-state index in [1.165, 1.54) is 12.8 Å². The van der Waals surface area contributed by atoms with Crippen LogP contribution in [0.4, 0.5) is 11.4 Å². The van der Waals surface area contributed by atoms with E-state index < -0.39 is 0 Å². The molecule has 2 N–H and O–H groups in total. The Morgan fingerprint density at radius 3 is 2.62 bits per heavy atom. The predicted molar refractivity (Wildman–Crippen MR) is 71.1 cm³/mol. The van der Waals surface area contributed by atoms with Gasteiger partial charge in [-0.3, -0.25) is 0 Å². The van der Waals surface area contributed by atoms with Gasteiger partial charge in [0.25, 0.3) is 0 Å². The summed E-state index contributed by atoms with van der Waals surface area (Å²) in [6.45, 7) is 5.48. The molecule has 1 aromatic carbocycles. The number of nitrogen functional groups attached to an aromatic ring is 1. The van der Waals surface area contributed by atoms with Crippen molar-refractivity contribution in [1.82, 2.24) is 0 Å². The predicted octanol–water partition coefficient (Wildman–Crippen LogP) is 3.55. The van der Waals surface area contributed by atoms with Crippen molar-refractivity contribution in [3.63, 3.8) is 0 Å². The molecule has 0 amide bonds. The number of halogens is 1. The number of hydrogen-bond acceptors (Lipinski definition) is 2. The first-order valence-electron chi connectivity index (χ1n) is 5.90. The van der Waals surface area contributed by atoms with Gasteiger partial charge in [0.2, 0.25) is 0 Å². The minimum Gasteiger partial charge on any atom is -0.397 e. The lowest BCUT2D eigenvalue weighted by Crippen LogP contribution is -2.30. The lowest BCUT2D eigenvalue weighted by atomic mass is 10.1. The smallest absolute Gasteiger partial charge is 0.0791 e. The van der Waals surface area contributed by atoms with Gasteiger partial charge >= 0.3 is 0 Å². The van der Waals surface area contributed by atoms with Gasteiger partial charge in [-0.25, -0.2) is 0 Å². The van der Waals surface area contributed by atoms with Crippen LogP contribution in [0.25, 0.3) is 0 Å². The zero-order valence-corrected chi connectivity index (χ0v) is 10.7. The van der Waals surface area contributed by atoms with Gasteiger partial charge in [-0.05, 0) is 30.9 Å². The maximum Gasteiger partial charge on any atom is 0.0791 e. The van der Waals surface area contributed by atoms with Crippen molar-refractivity contribution in [3.05, 3.63) is 23.2 Å². The molecule has 3 heteroatoms. The van der Waals surface area contributed by atoms with Crippen LogP contribution in [0.5, 0.6) is 0 Å². The van der Waals surface area contributed by atoms with E-state index in [1.54, 1.807) is 0 Å². The fraction of sp³-hybridized carbons (Fsp3) is 0.538. The molecule has 1 aromatic rings. The highest BCUT2D eigenvalue weighted by Crippen LogP contribution is 2.39. The van der Waals surface area contributed by atoms with Gasteiger partial charge in [0.15, 0.2) is 0 Å². The van der Waals surface area contributed by atoms with E-state index >= 15 is 0 Å². The Bertz CT molecular complexity index is 352. The van der Waals surface area contributed by atoms with Crippen molar-refractivity contribution in [2.45, 2.75) is 32.7 Å². The molecule has 2 nitrogen and oxygen atoms in total. The highest BCUT2D eigenvalue weighted by molar-refractivity contribution is 6.34. The van der Waals surface area contributed by atoms with Crippen molar-refractivity contribution in [2.24, 2.45) is 5.92 Å². The molecule has 1 fully saturated rings. The van der Waals surface area contributed by atoms with E-state index in [-0.39, 0.29) is 0 Å². The molecule has 1 saturated carbocycles. The zero-order valence-electron chi connectivity index (χ0n) is 9.91. The van der Waals surface area contributed by atoms with Gasteiger partial charge in [-0.2, -0.15) is 0 Å². The first kappa shape index (κ1) is 11.6. The molecular formula is C13H19ClN2. The molecule has 88 valence electrons. The van der Waals surface area contributed by atoms with E-state index in [0.717, 1.165) is 22.9 Å². The molecule has 0 atom stereocenters. The molecule has 2 rings (SSSR count). The fourth-order valence-electron chi connectivity index (χ4n) is 2.04. The standard InChI is InChI=1S/C13H19ClN2/c1-9(2)8-16(10-6-7-10)13-11(14)4-3-5-12(13)15/h3-5,9-10H,6-8,15H2,1-2H3. The molecule has 0 aromatic heterocycles. The summed E-state index contributed by atoms with van der Waals surface area (Å²) in [5, 5.41) is 0.771. The van der Waals surface area contributed by atoms with E-state index in [1.807, 2.05) is 18.2 Å². The Morgan fingerprint density at radius 2 is 2.12 bits per heavy atom. The lowest BCUT2D eigenvalue weighted by molar-refractivity contribution is 0.608. The summed E-state index contributed by atoms with van der Waals surface area (Å²) in [4.78, 5) is 2.38. The number of nitrogens with two attached hydrogens (primary N) is 1. The van der Waals surface area contributed by atoms with Crippen LogP contribution < -0.4 is 10.6 Å². The summed E-state index contributed by atoms with van der Waals surface area (Å²) in [7, 11) is 0. The van der Waals surface area contributed by atoms with Crippen LogP contribution >= 0.6 is 11.6 Å². The van der Waals surface area contributed by atoms with Gasteiger partial charge in [0.05, 0.1) is 16.4 Å². The van der Waals surface area contributed by atoms with Gasteiger partial charge in [-0.15, -0.1) is 0 Å². The van der Waals surface area contributed by atoms with Crippen molar-refractivity contribution in [3.8, 4) is 0 Å². The summed E-state index contributed by atoms with van der Waals surface area (Å²) < 4.78 is 0. The number of anilines is 2. The Balaban J connectivity index is 2.30. The summed E-state index contributed by atoms with van der Waals surface area (Å²) in [5.74, 6) is 0.622. The highest BCUT2D eigenvalue weighted by Gasteiger charge is 2.31. The van der Waals surface area contributed by atoms with Gasteiger partial charge in [0, 0.05) is 12.6 Å². The van der Waals surface area contributed by atoms with Crippen LogP contribution in [0.2, 0.25) is 5.02 Å². The summed E-state index contributed by atoms with van der Waals surface area (Å²) in [6, 6.07) is 6.39. The monoisotopic (exact) mass is 238 g/mol. The Hall–Kier alpha value is -0.890. The Morgan fingerprint density at radius 1 is 1.44 bits per heavy atom. The summed E-state index contributed by atoms with van der Waals surface area (Å²) in [6.07, 6.45) is 2.52. The Kier molecular flexibility index (Phi) is 3.29. The number of rotatable bonds is 4. The number of hydrogen-bond donors (Lipinski definition) is 1. The van der Waals surface area contributed by atoms with Crippen molar-refractivity contribution in [2.75, 3.05) is 17.2 Å². The van der Waals surface area contributed by atoms with Gasteiger partial charge < -0.3 is 10.6 Å². The van der Waals surface area contributed by atoms with Crippen molar-refractivity contribution >= 4 is 23.0 Å². The fourth-order valence-corrected chi connectivity index (χ4v) is 2.33. The first-order valence-corrected chi connectivity index (χ1v) is 6.28. The van der Waals surface area contributed by atoms with Crippen LogP contribution in [-0.4, -0.2) is 12.6 Å². The summed E-state index contributed by atoms with van der Waals surface area (Å²) >= 11 is 6.26. The largest absolute Gasteiger partial charge is 0.397 e. The maximum atomic E-state index is 6.26. The van der Waals surface area contributed by atoms with Gasteiger partial charge in [0.1, 0.15) is 0 Å². The SMILES string of the molecule is CC(C)CN(c1c(N)cccc1Cl)C1CC1. The first-order chi connectivity index (χ1) is 7.59. The zero-order chi connectivity index (χ0) is 11.7. The second-order valence-corrected chi connectivity index (χ2v) is 5.36. The van der Waals surface area contributed by atoms with Gasteiger partial charge in [-0.1, -0.05) is 31.5 Å². The van der Waals surface area contributed by atoms with Crippen molar-refractivity contribution in [1.29, 1.82) is 0 Å². The van der Waals surface area contributed by atoms with E-state index in [2.05, 4.69) is 18.7 Å². The average molecular weight is 239 g/mol. The number of benzene rings is 1. The van der Waals surface area contributed by atoms with Crippen LogP contribution in [0.15, 0.2) is 18.2 Å². The molecule has 0 saturated heterocycles. The second-order valence-electron chi connectivity index (χ2n) is 4.96. The quantitative estimate of drug-likeness (QED) is 0.813. The molecule has 1 aliphatic rings. The Labute approximate surface area is 102 Å². The van der Waals surface area contributed by atoms with Crippen LogP contribution in [0.3, 0.4) is 0 Å². The normalized spacial score (nSPS) is 15.5. The minimum atomic E-state index is 0.622.